The van der Waals surface area contributed by atoms with Crippen LogP contribution in [-0.4, -0.2) is 25.6 Å². The van der Waals surface area contributed by atoms with E-state index in [4.69, 9.17) is 26.9 Å². The Kier molecular flexibility index (Phi) is 4.74. The maximum absolute atomic E-state index is 5.78. The first-order chi connectivity index (χ1) is 8.78. The van der Waals surface area contributed by atoms with Gasteiger partial charge >= 0.3 is 0 Å². The molecule has 0 bridgehead atoms. The molecular formula is C11H15ClN4O2. The standard InChI is InChI=1S/C11H15ClN4O2/c12-8-1-3-10(4-2-8)17-6-5-9-7-18-11(14-9)15-16-13/h1-4,9,11,14H,5-7H2,(H2,13,15)/t9-,11?/m0/s1. The molecular weight excluding hydrogens is 256 g/mol. The summed E-state index contributed by atoms with van der Waals surface area (Å²) in [6, 6.07) is 7.48. The van der Waals surface area contributed by atoms with Gasteiger partial charge < -0.3 is 15.3 Å². The summed E-state index contributed by atoms with van der Waals surface area (Å²) in [5.74, 6) is 5.75. The molecule has 3 N–H and O–H groups in total. The Balaban J connectivity index is 1.68. The quantitative estimate of drug-likeness (QED) is 0.485. The monoisotopic (exact) mass is 270 g/mol. The molecule has 1 fully saturated rings. The highest BCUT2D eigenvalue weighted by Gasteiger charge is 2.23. The van der Waals surface area contributed by atoms with Gasteiger partial charge in [-0.2, -0.15) is 0 Å². The van der Waals surface area contributed by atoms with Crippen molar-refractivity contribution in [2.45, 2.75) is 18.8 Å². The molecule has 98 valence electrons. The number of nitrogens with one attached hydrogen (secondary N) is 1. The second-order valence-electron chi connectivity index (χ2n) is 3.87. The fraction of sp³-hybridized carbons (Fsp3) is 0.455. The first-order valence-electron chi connectivity index (χ1n) is 5.64. The maximum Gasteiger partial charge on any atom is 0.226 e. The lowest BCUT2D eigenvalue weighted by atomic mass is 10.2. The van der Waals surface area contributed by atoms with Crippen molar-refractivity contribution < 1.29 is 9.47 Å². The van der Waals surface area contributed by atoms with Crippen LogP contribution in [0.5, 0.6) is 5.75 Å². The third kappa shape index (κ3) is 3.83. The SMILES string of the molecule is NN=NC1N[C@@H](CCOc2ccc(Cl)cc2)CO1. The highest BCUT2D eigenvalue weighted by atomic mass is 35.5. The fourth-order valence-corrected chi connectivity index (χ4v) is 1.77. The van der Waals surface area contributed by atoms with Gasteiger partial charge in [-0.05, 0) is 30.7 Å². The Bertz CT molecular complexity index is 399. The molecule has 1 aromatic carbocycles. The van der Waals surface area contributed by atoms with E-state index in [0.29, 0.717) is 18.2 Å². The molecule has 1 saturated heterocycles. The van der Waals surface area contributed by atoms with Gasteiger partial charge in [0.05, 0.1) is 13.2 Å². The van der Waals surface area contributed by atoms with Crippen LogP contribution in [-0.2, 0) is 4.74 Å². The molecule has 0 radical (unpaired) electrons. The van der Waals surface area contributed by atoms with Crippen LogP contribution in [0.25, 0.3) is 0 Å². The minimum Gasteiger partial charge on any atom is -0.494 e. The first-order valence-corrected chi connectivity index (χ1v) is 6.02. The number of benzene rings is 1. The van der Waals surface area contributed by atoms with Crippen molar-refractivity contribution in [3.63, 3.8) is 0 Å². The maximum atomic E-state index is 5.78. The molecule has 1 aromatic rings. The minimum atomic E-state index is -0.435. The lowest BCUT2D eigenvalue weighted by Gasteiger charge is -2.10. The van der Waals surface area contributed by atoms with E-state index < -0.39 is 6.35 Å². The molecule has 6 nitrogen and oxygen atoms in total. The van der Waals surface area contributed by atoms with Crippen LogP contribution < -0.4 is 15.9 Å². The summed E-state index contributed by atoms with van der Waals surface area (Å²) < 4.78 is 10.9. The van der Waals surface area contributed by atoms with Gasteiger partial charge in [0.25, 0.3) is 0 Å². The second kappa shape index (κ2) is 6.53. The van der Waals surface area contributed by atoms with E-state index in [-0.39, 0.29) is 6.04 Å². The Morgan fingerprint density at radius 3 is 2.94 bits per heavy atom. The molecule has 0 amide bonds. The molecule has 18 heavy (non-hydrogen) atoms. The molecule has 1 aliphatic heterocycles. The first kappa shape index (κ1) is 13.1. The van der Waals surface area contributed by atoms with Crippen LogP contribution in [0.2, 0.25) is 5.02 Å². The number of nitrogens with zero attached hydrogens (tertiary/aromatic N) is 2. The van der Waals surface area contributed by atoms with Crippen LogP contribution in [0.4, 0.5) is 0 Å². The van der Waals surface area contributed by atoms with E-state index in [1.165, 1.54) is 0 Å². The molecule has 0 aliphatic carbocycles. The van der Waals surface area contributed by atoms with E-state index in [1.807, 2.05) is 12.1 Å². The summed E-state index contributed by atoms with van der Waals surface area (Å²) in [6.07, 6.45) is 0.384. The summed E-state index contributed by atoms with van der Waals surface area (Å²) in [5, 5.41) is 10.7. The average Bonchev–Trinajstić information content (AvgIpc) is 2.80. The van der Waals surface area contributed by atoms with Crippen molar-refractivity contribution in [2.24, 2.45) is 16.2 Å². The zero-order valence-electron chi connectivity index (χ0n) is 9.75. The molecule has 0 aromatic heterocycles. The summed E-state index contributed by atoms with van der Waals surface area (Å²) in [6.45, 7) is 1.17. The average molecular weight is 271 g/mol. The zero-order chi connectivity index (χ0) is 12.8. The van der Waals surface area contributed by atoms with Crippen LogP contribution in [0.15, 0.2) is 34.6 Å². The van der Waals surface area contributed by atoms with Crippen molar-refractivity contribution in [1.82, 2.24) is 5.32 Å². The van der Waals surface area contributed by atoms with Gasteiger partial charge in [0.2, 0.25) is 6.35 Å². The number of halogens is 1. The topological polar surface area (TPSA) is 81.2 Å². The van der Waals surface area contributed by atoms with Crippen LogP contribution in [0, 0.1) is 0 Å². The van der Waals surface area contributed by atoms with Crippen molar-refractivity contribution in [1.29, 1.82) is 0 Å². The molecule has 2 rings (SSSR count). The Hall–Kier alpha value is -1.37. The zero-order valence-corrected chi connectivity index (χ0v) is 10.5. The van der Waals surface area contributed by atoms with E-state index in [0.717, 1.165) is 12.2 Å². The molecule has 2 atom stereocenters. The number of hydrogen-bond donors (Lipinski definition) is 2. The van der Waals surface area contributed by atoms with Gasteiger partial charge in [-0.25, -0.2) is 0 Å². The smallest absolute Gasteiger partial charge is 0.226 e. The summed E-state index contributed by atoms with van der Waals surface area (Å²) in [4.78, 5) is 0. The highest BCUT2D eigenvalue weighted by Crippen LogP contribution is 2.16. The van der Waals surface area contributed by atoms with Gasteiger partial charge in [-0.3, -0.25) is 5.32 Å². The van der Waals surface area contributed by atoms with E-state index in [2.05, 4.69) is 15.7 Å². The van der Waals surface area contributed by atoms with Gasteiger partial charge in [0.1, 0.15) is 5.75 Å². The van der Waals surface area contributed by atoms with Gasteiger partial charge in [-0.1, -0.05) is 16.8 Å². The molecule has 1 unspecified atom stereocenters. The number of nitrogens with two attached hydrogens (primary N) is 1. The fourth-order valence-electron chi connectivity index (χ4n) is 1.65. The van der Waals surface area contributed by atoms with Crippen molar-refractivity contribution in [2.75, 3.05) is 13.2 Å². The lowest BCUT2D eigenvalue weighted by molar-refractivity contribution is 0.100. The van der Waals surface area contributed by atoms with Crippen molar-refractivity contribution in [3.05, 3.63) is 29.3 Å². The van der Waals surface area contributed by atoms with Crippen LogP contribution in [0.3, 0.4) is 0 Å². The summed E-state index contributed by atoms with van der Waals surface area (Å²) >= 11 is 5.78. The highest BCUT2D eigenvalue weighted by molar-refractivity contribution is 6.30. The third-order valence-corrected chi connectivity index (χ3v) is 2.81. The summed E-state index contributed by atoms with van der Waals surface area (Å²) in [7, 11) is 0. The minimum absolute atomic E-state index is 0.202. The largest absolute Gasteiger partial charge is 0.494 e. The Morgan fingerprint density at radius 1 is 1.44 bits per heavy atom. The van der Waals surface area contributed by atoms with Crippen LogP contribution >= 0.6 is 11.6 Å². The molecule has 1 aliphatic rings. The van der Waals surface area contributed by atoms with Crippen LogP contribution in [0.1, 0.15) is 6.42 Å². The van der Waals surface area contributed by atoms with Gasteiger partial charge in [0.15, 0.2) is 0 Å². The number of hydrogen-bond acceptors (Lipinski definition) is 5. The number of ether oxygens (including phenoxy) is 2. The predicted molar refractivity (Wildman–Crippen MR) is 67.3 cm³/mol. The van der Waals surface area contributed by atoms with E-state index in [1.54, 1.807) is 12.1 Å². The molecule has 0 saturated carbocycles. The predicted octanol–water partition coefficient (Wildman–Crippen LogP) is 1.71. The normalized spacial score (nSPS) is 23.6. The van der Waals surface area contributed by atoms with Gasteiger partial charge in [-0.15, -0.1) is 5.11 Å². The summed E-state index contributed by atoms with van der Waals surface area (Å²) in [5.41, 5.74) is 0. The third-order valence-electron chi connectivity index (χ3n) is 2.55. The lowest BCUT2D eigenvalue weighted by Crippen LogP contribution is -2.30. The van der Waals surface area contributed by atoms with Gasteiger partial charge in [0, 0.05) is 11.1 Å². The second-order valence-corrected chi connectivity index (χ2v) is 4.31. The van der Waals surface area contributed by atoms with Crippen molar-refractivity contribution >= 4 is 11.6 Å². The Morgan fingerprint density at radius 2 is 2.22 bits per heavy atom. The molecule has 0 spiro atoms. The molecule has 7 heteroatoms. The van der Waals surface area contributed by atoms with E-state index >= 15 is 0 Å². The Labute approximate surface area is 110 Å². The van der Waals surface area contributed by atoms with Crippen molar-refractivity contribution in [3.8, 4) is 5.75 Å². The number of rotatable bonds is 5. The molecule has 1 heterocycles. The van der Waals surface area contributed by atoms with E-state index in [9.17, 15) is 0 Å².